The maximum Gasteiger partial charge on any atom is 0.273 e. The van der Waals surface area contributed by atoms with Crippen LogP contribution in [-0.4, -0.2) is 17.1 Å². The van der Waals surface area contributed by atoms with Gasteiger partial charge in [0.1, 0.15) is 5.76 Å². The number of nitrogens with one attached hydrogen (secondary N) is 1. The summed E-state index contributed by atoms with van der Waals surface area (Å²) in [4.78, 5) is 12.4. The summed E-state index contributed by atoms with van der Waals surface area (Å²) in [5.74, 6) is 1.52. The van der Waals surface area contributed by atoms with Crippen molar-refractivity contribution in [3.8, 4) is 0 Å². The quantitative estimate of drug-likeness (QED) is 0.862. The molecule has 0 unspecified atom stereocenters. The van der Waals surface area contributed by atoms with E-state index in [1.165, 1.54) is 32.1 Å². The third-order valence-electron chi connectivity index (χ3n) is 4.88. The van der Waals surface area contributed by atoms with E-state index in [1.807, 2.05) is 0 Å². The number of rotatable bonds is 3. The molecular weight excluding hydrogens is 252 g/mol. The van der Waals surface area contributed by atoms with E-state index in [9.17, 15) is 4.79 Å². The minimum Gasteiger partial charge on any atom is -0.360 e. The van der Waals surface area contributed by atoms with Crippen LogP contribution in [0.2, 0.25) is 0 Å². The molecule has 0 spiro atoms. The topological polar surface area (TPSA) is 55.1 Å². The zero-order valence-corrected chi connectivity index (χ0v) is 12.3. The van der Waals surface area contributed by atoms with E-state index in [0.29, 0.717) is 11.6 Å². The maximum atomic E-state index is 12.4. The van der Waals surface area contributed by atoms with Crippen LogP contribution in [0.3, 0.4) is 0 Å². The average Bonchev–Trinajstić information content (AvgIpc) is 3.04. The van der Waals surface area contributed by atoms with Gasteiger partial charge in [0.15, 0.2) is 5.69 Å². The highest BCUT2D eigenvalue weighted by Crippen LogP contribution is 2.28. The van der Waals surface area contributed by atoms with Crippen molar-refractivity contribution in [2.24, 2.45) is 5.92 Å². The van der Waals surface area contributed by atoms with E-state index in [2.05, 4.69) is 17.4 Å². The Morgan fingerprint density at radius 2 is 1.95 bits per heavy atom. The van der Waals surface area contributed by atoms with Crippen molar-refractivity contribution in [3.63, 3.8) is 0 Å². The number of aryl methyl sites for hydroxylation is 1. The summed E-state index contributed by atoms with van der Waals surface area (Å²) in [5.41, 5.74) is 1.59. The van der Waals surface area contributed by atoms with Crippen LogP contribution in [0.15, 0.2) is 4.52 Å². The lowest BCUT2D eigenvalue weighted by atomic mass is 9.99. The molecule has 0 aromatic carbocycles. The molecule has 1 fully saturated rings. The summed E-state index contributed by atoms with van der Waals surface area (Å²) in [6, 6.07) is 0.239. The molecule has 0 aliphatic heterocycles. The second-order valence-corrected chi connectivity index (χ2v) is 6.30. The molecule has 1 atom stereocenters. The van der Waals surface area contributed by atoms with Crippen LogP contribution in [0.1, 0.15) is 73.7 Å². The van der Waals surface area contributed by atoms with Crippen LogP contribution in [0.5, 0.6) is 0 Å². The minimum atomic E-state index is -0.0451. The van der Waals surface area contributed by atoms with Crippen molar-refractivity contribution in [1.82, 2.24) is 10.5 Å². The molecule has 2 aliphatic carbocycles. The molecule has 1 N–H and O–H groups in total. The van der Waals surface area contributed by atoms with Gasteiger partial charge in [-0.3, -0.25) is 4.79 Å². The van der Waals surface area contributed by atoms with Crippen molar-refractivity contribution in [2.75, 3.05) is 0 Å². The summed E-state index contributed by atoms with van der Waals surface area (Å²) in [6.45, 7) is 2.12. The molecule has 1 aromatic heterocycles. The zero-order chi connectivity index (χ0) is 13.9. The van der Waals surface area contributed by atoms with E-state index < -0.39 is 0 Å². The van der Waals surface area contributed by atoms with Crippen LogP contribution in [-0.2, 0) is 12.8 Å². The van der Waals surface area contributed by atoms with Crippen molar-refractivity contribution >= 4 is 5.91 Å². The first-order valence-corrected chi connectivity index (χ1v) is 8.04. The summed E-state index contributed by atoms with van der Waals surface area (Å²) in [6.07, 6.45) is 10.4. The Kier molecular flexibility index (Phi) is 4.08. The molecule has 2 aliphatic rings. The molecule has 1 amide bonds. The highest BCUT2D eigenvalue weighted by molar-refractivity contribution is 5.94. The number of hydrogen-bond donors (Lipinski definition) is 1. The van der Waals surface area contributed by atoms with Crippen molar-refractivity contribution in [2.45, 2.75) is 70.8 Å². The first kappa shape index (κ1) is 13.7. The lowest BCUT2D eigenvalue weighted by Crippen LogP contribution is -2.37. The van der Waals surface area contributed by atoms with E-state index in [4.69, 9.17) is 4.52 Å². The number of fused-ring (bicyclic) bond motifs is 1. The van der Waals surface area contributed by atoms with Gasteiger partial charge in [-0.25, -0.2) is 0 Å². The van der Waals surface area contributed by atoms with Crippen LogP contribution in [0, 0.1) is 5.92 Å². The first-order chi connectivity index (χ1) is 9.75. The van der Waals surface area contributed by atoms with Crippen LogP contribution in [0.25, 0.3) is 0 Å². The third-order valence-corrected chi connectivity index (χ3v) is 4.88. The van der Waals surface area contributed by atoms with E-state index in [-0.39, 0.29) is 11.9 Å². The lowest BCUT2D eigenvalue weighted by molar-refractivity contribution is 0.0917. The Balaban J connectivity index is 1.69. The molecule has 4 heteroatoms. The van der Waals surface area contributed by atoms with Gasteiger partial charge in [0, 0.05) is 18.0 Å². The molecule has 3 rings (SSSR count). The second-order valence-electron chi connectivity index (χ2n) is 6.30. The van der Waals surface area contributed by atoms with Crippen molar-refractivity contribution < 1.29 is 9.32 Å². The Bertz CT molecular complexity index is 475. The number of hydrogen-bond acceptors (Lipinski definition) is 3. The molecule has 1 saturated carbocycles. The Hall–Kier alpha value is -1.32. The summed E-state index contributed by atoms with van der Waals surface area (Å²) < 4.78 is 5.38. The van der Waals surface area contributed by atoms with Crippen LogP contribution < -0.4 is 5.32 Å². The fraction of sp³-hybridized carbons (Fsp3) is 0.750. The maximum absolute atomic E-state index is 12.4. The molecule has 1 aromatic rings. The Morgan fingerprint density at radius 1 is 1.20 bits per heavy atom. The summed E-state index contributed by atoms with van der Waals surface area (Å²) in [5, 5.41) is 7.17. The van der Waals surface area contributed by atoms with Gasteiger partial charge in [-0.1, -0.05) is 24.4 Å². The van der Waals surface area contributed by atoms with Gasteiger partial charge in [0.2, 0.25) is 0 Å². The number of carbonyl (C=O) groups is 1. The van der Waals surface area contributed by atoms with E-state index in [1.54, 1.807) is 0 Å². The first-order valence-electron chi connectivity index (χ1n) is 8.04. The van der Waals surface area contributed by atoms with Gasteiger partial charge in [-0.15, -0.1) is 0 Å². The summed E-state index contributed by atoms with van der Waals surface area (Å²) >= 11 is 0. The predicted octanol–water partition coefficient (Wildman–Crippen LogP) is 3.25. The zero-order valence-electron chi connectivity index (χ0n) is 12.3. The number of aromatic nitrogens is 1. The Morgan fingerprint density at radius 3 is 2.75 bits per heavy atom. The van der Waals surface area contributed by atoms with E-state index >= 15 is 0 Å². The molecule has 1 heterocycles. The molecule has 0 saturated heterocycles. The number of carbonyl (C=O) groups excluding carboxylic acids is 1. The minimum absolute atomic E-state index is 0.0451. The van der Waals surface area contributed by atoms with Crippen molar-refractivity contribution in [1.29, 1.82) is 0 Å². The number of amides is 1. The molecule has 110 valence electrons. The van der Waals surface area contributed by atoms with Crippen molar-refractivity contribution in [3.05, 3.63) is 17.0 Å². The molecule has 0 bridgehead atoms. The average molecular weight is 276 g/mol. The third kappa shape index (κ3) is 2.74. The standard InChI is InChI=1S/C16H24N2O2/c1-11(12-7-5-6-8-12)17-16(19)15-13-9-3-2-4-10-14(13)20-18-15/h11-12H,2-10H2,1H3,(H,17,19)/t11-/m0/s1. The molecule has 4 nitrogen and oxygen atoms in total. The van der Waals surface area contributed by atoms with Gasteiger partial charge in [-0.2, -0.15) is 0 Å². The lowest BCUT2D eigenvalue weighted by Gasteiger charge is -2.19. The van der Waals surface area contributed by atoms with Gasteiger partial charge in [0.05, 0.1) is 0 Å². The SMILES string of the molecule is C[C@H](NC(=O)c1noc2c1CCCCC2)C1CCCC1. The fourth-order valence-corrected chi connectivity index (χ4v) is 3.59. The van der Waals surface area contributed by atoms with Gasteiger partial charge < -0.3 is 9.84 Å². The van der Waals surface area contributed by atoms with Crippen LogP contribution in [0.4, 0.5) is 0 Å². The molecular formula is C16H24N2O2. The highest BCUT2D eigenvalue weighted by Gasteiger charge is 2.27. The van der Waals surface area contributed by atoms with Crippen LogP contribution >= 0.6 is 0 Å². The second kappa shape index (κ2) is 5.98. The number of nitrogens with zero attached hydrogens (tertiary/aromatic N) is 1. The highest BCUT2D eigenvalue weighted by atomic mass is 16.5. The molecule has 20 heavy (non-hydrogen) atoms. The fourth-order valence-electron chi connectivity index (χ4n) is 3.59. The van der Waals surface area contributed by atoms with Gasteiger partial charge in [0.25, 0.3) is 5.91 Å². The van der Waals surface area contributed by atoms with E-state index in [0.717, 1.165) is 37.0 Å². The molecule has 0 radical (unpaired) electrons. The predicted molar refractivity (Wildman–Crippen MR) is 76.6 cm³/mol. The van der Waals surface area contributed by atoms with Gasteiger partial charge >= 0.3 is 0 Å². The van der Waals surface area contributed by atoms with Gasteiger partial charge in [-0.05, 0) is 44.9 Å². The monoisotopic (exact) mass is 276 g/mol. The smallest absolute Gasteiger partial charge is 0.273 e. The largest absolute Gasteiger partial charge is 0.360 e. The summed E-state index contributed by atoms with van der Waals surface area (Å²) in [7, 11) is 0. The normalized spacial score (nSPS) is 21.2. The Labute approximate surface area is 120 Å².